The van der Waals surface area contributed by atoms with Gasteiger partial charge in [-0.1, -0.05) is 13.8 Å². The van der Waals surface area contributed by atoms with Crippen molar-refractivity contribution in [1.29, 1.82) is 0 Å². The molecular weight excluding hydrogens is 192 g/mol. The van der Waals surface area contributed by atoms with E-state index in [0.29, 0.717) is 25.0 Å². The highest BCUT2D eigenvalue weighted by molar-refractivity contribution is 5.78. The van der Waals surface area contributed by atoms with Gasteiger partial charge in [-0.05, 0) is 12.3 Å². The highest BCUT2D eigenvalue weighted by Crippen LogP contribution is 1.97. The van der Waals surface area contributed by atoms with E-state index in [2.05, 4.69) is 29.5 Å². The summed E-state index contributed by atoms with van der Waals surface area (Å²) in [6.07, 6.45) is 1.04. The molecule has 0 aromatic carbocycles. The van der Waals surface area contributed by atoms with Crippen LogP contribution in [0.1, 0.15) is 27.2 Å². The van der Waals surface area contributed by atoms with Gasteiger partial charge in [-0.2, -0.15) is 0 Å². The zero-order valence-corrected chi connectivity index (χ0v) is 9.84. The predicted octanol–water partition coefficient (Wildman–Crippen LogP) is 0.0729. The Morgan fingerprint density at radius 2 is 1.93 bits per heavy atom. The molecule has 88 valence electrons. The maximum Gasteiger partial charge on any atom is 0.216 e. The quantitative estimate of drug-likeness (QED) is 0.332. The predicted molar refractivity (Wildman–Crippen MR) is 62.6 cm³/mol. The van der Waals surface area contributed by atoms with Crippen LogP contribution in [0, 0.1) is 5.92 Å². The number of guanidine groups is 1. The van der Waals surface area contributed by atoms with Gasteiger partial charge in [0.25, 0.3) is 0 Å². The molecule has 0 aliphatic heterocycles. The Hall–Kier alpha value is -1.26. The highest BCUT2D eigenvalue weighted by atomic mass is 16.1. The summed E-state index contributed by atoms with van der Waals surface area (Å²) in [6.45, 7) is 7.70. The Morgan fingerprint density at radius 1 is 1.33 bits per heavy atom. The Morgan fingerprint density at radius 3 is 2.47 bits per heavy atom. The number of hydrogen-bond donors (Lipinski definition) is 3. The summed E-state index contributed by atoms with van der Waals surface area (Å²) in [6, 6.07) is 0. The molecule has 0 aromatic heterocycles. The monoisotopic (exact) mass is 214 g/mol. The van der Waals surface area contributed by atoms with Crippen molar-refractivity contribution in [3.63, 3.8) is 0 Å². The lowest BCUT2D eigenvalue weighted by Gasteiger charge is -2.06. The molecule has 0 bridgehead atoms. The summed E-state index contributed by atoms with van der Waals surface area (Å²) in [4.78, 5) is 14.7. The number of carbonyl (C=O) groups excluding carboxylic acids is 1. The average molecular weight is 214 g/mol. The van der Waals surface area contributed by atoms with Gasteiger partial charge >= 0.3 is 0 Å². The fraction of sp³-hybridized carbons (Fsp3) is 0.800. The van der Waals surface area contributed by atoms with Crippen LogP contribution < -0.4 is 16.4 Å². The summed E-state index contributed by atoms with van der Waals surface area (Å²) in [5, 5.41) is 5.59. The smallest absolute Gasteiger partial charge is 0.216 e. The number of nitrogens with one attached hydrogen (secondary N) is 2. The van der Waals surface area contributed by atoms with Crippen molar-refractivity contribution in [3.8, 4) is 0 Å². The van der Waals surface area contributed by atoms with Crippen molar-refractivity contribution in [2.24, 2.45) is 16.6 Å². The van der Waals surface area contributed by atoms with Crippen molar-refractivity contribution >= 4 is 11.9 Å². The van der Waals surface area contributed by atoms with Crippen LogP contribution in [0.3, 0.4) is 0 Å². The van der Waals surface area contributed by atoms with Crippen LogP contribution in [-0.4, -0.2) is 31.5 Å². The Labute approximate surface area is 91.5 Å². The molecule has 0 spiro atoms. The molecule has 0 rings (SSSR count). The van der Waals surface area contributed by atoms with Gasteiger partial charge in [0.2, 0.25) is 5.91 Å². The standard InChI is InChI=1S/C10H22N4O/c1-8(2)4-5-13-10(11)14-7-6-12-9(3)15/h8H,4-7H2,1-3H3,(H,12,15)(H3,11,13,14). The van der Waals surface area contributed by atoms with E-state index in [1.165, 1.54) is 6.92 Å². The molecule has 0 saturated carbocycles. The second-order valence-electron chi connectivity index (χ2n) is 3.86. The Kier molecular flexibility index (Phi) is 7.40. The average Bonchev–Trinajstić information content (AvgIpc) is 2.11. The first kappa shape index (κ1) is 13.7. The summed E-state index contributed by atoms with van der Waals surface area (Å²) < 4.78 is 0. The van der Waals surface area contributed by atoms with E-state index in [1.807, 2.05) is 0 Å². The number of hydrogen-bond acceptors (Lipinski definition) is 2. The maximum absolute atomic E-state index is 10.5. The van der Waals surface area contributed by atoms with E-state index in [4.69, 9.17) is 5.73 Å². The van der Waals surface area contributed by atoms with Crippen LogP contribution >= 0.6 is 0 Å². The molecule has 0 aliphatic carbocycles. The van der Waals surface area contributed by atoms with Crippen LogP contribution in [0.25, 0.3) is 0 Å². The lowest BCUT2D eigenvalue weighted by atomic mass is 10.1. The van der Waals surface area contributed by atoms with Crippen LogP contribution in [-0.2, 0) is 4.79 Å². The fourth-order valence-electron chi connectivity index (χ4n) is 0.928. The Bertz CT molecular complexity index is 213. The van der Waals surface area contributed by atoms with E-state index in [9.17, 15) is 4.79 Å². The summed E-state index contributed by atoms with van der Waals surface area (Å²) >= 11 is 0. The molecule has 0 fully saturated rings. The number of rotatable bonds is 6. The van der Waals surface area contributed by atoms with Gasteiger partial charge in [0.15, 0.2) is 5.96 Å². The van der Waals surface area contributed by atoms with E-state index < -0.39 is 0 Å². The number of aliphatic imine (C=N–C) groups is 1. The second kappa shape index (κ2) is 8.08. The van der Waals surface area contributed by atoms with Gasteiger partial charge in [-0.15, -0.1) is 0 Å². The molecule has 0 saturated heterocycles. The van der Waals surface area contributed by atoms with Gasteiger partial charge in [-0.3, -0.25) is 9.79 Å². The van der Waals surface area contributed by atoms with Crippen LogP contribution in [0.5, 0.6) is 0 Å². The van der Waals surface area contributed by atoms with Gasteiger partial charge in [0.1, 0.15) is 0 Å². The molecule has 4 N–H and O–H groups in total. The largest absolute Gasteiger partial charge is 0.370 e. The zero-order chi connectivity index (χ0) is 11.7. The van der Waals surface area contributed by atoms with Gasteiger partial charge in [0, 0.05) is 26.6 Å². The Balaban J connectivity index is 3.46. The molecule has 1 amide bonds. The van der Waals surface area contributed by atoms with E-state index >= 15 is 0 Å². The van der Waals surface area contributed by atoms with E-state index in [1.54, 1.807) is 0 Å². The number of carbonyl (C=O) groups is 1. The second-order valence-corrected chi connectivity index (χ2v) is 3.86. The van der Waals surface area contributed by atoms with Gasteiger partial charge < -0.3 is 16.4 Å². The summed E-state index contributed by atoms with van der Waals surface area (Å²) in [5.74, 6) is 1.05. The highest BCUT2D eigenvalue weighted by Gasteiger charge is 1.94. The zero-order valence-electron chi connectivity index (χ0n) is 9.84. The minimum absolute atomic E-state index is 0.0351. The fourth-order valence-corrected chi connectivity index (χ4v) is 0.928. The molecule has 15 heavy (non-hydrogen) atoms. The third kappa shape index (κ3) is 10.7. The van der Waals surface area contributed by atoms with Crippen molar-refractivity contribution in [2.75, 3.05) is 19.6 Å². The third-order valence-electron chi connectivity index (χ3n) is 1.79. The first-order valence-electron chi connectivity index (χ1n) is 5.30. The van der Waals surface area contributed by atoms with Crippen LogP contribution in [0.2, 0.25) is 0 Å². The topological polar surface area (TPSA) is 79.5 Å². The minimum Gasteiger partial charge on any atom is -0.370 e. The first-order valence-corrected chi connectivity index (χ1v) is 5.30. The van der Waals surface area contributed by atoms with Crippen molar-refractivity contribution in [2.45, 2.75) is 27.2 Å². The maximum atomic E-state index is 10.5. The van der Waals surface area contributed by atoms with Gasteiger partial charge in [0.05, 0.1) is 0 Å². The SMILES string of the molecule is CC(=O)NCCNC(N)=NCCC(C)C. The molecule has 0 aliphatic rings. The molecule has 5 heteroatoms. The molecule has 0 heterocycles. The molecule has 0 unspecified atom stereocenters. The summed E-state index contributed by atoms with van der Waals surface area (Å²) in [7, 11) is 0. The van der Waals surface area contributed by atoms with Crippen LogP contribution in [0.4, 0.5) is 0 Å². The lowest BCUT2D eigenvalue weighted by molar-refractivity contribution is -0.118. The van der Waals surface area contributed by atoms with Crippen LogP contribution in [0.15, 0.2) is 4.99 Å². The molecular formula is C10H22N4O. The first-order chi connectivity index (χ1) is 7.02. The van der Waals surface area contributed by atoms with Crippen molar-refractivity contribution < 1.29 is 4.79 Å². The van der Waals surface area contributed by atoms with E-state index in [-0.39, 0.29) is 5.91 Å². The minimum atomic E-state index is -0.0351. The lowest BCUT2D eigenvalue weighted by Crippen LogP contribution is -2.38. The molecule has 0 radical (unpaired) electrons. The van der Waals surface area contributed by atoms with Crippen molar-refractivity contribution in [1.82, 2.24) is 10.6 Å². The molecule has 5 nitrogen and oxygen atoms in total. The number of nitrogens with zero attached hydrogens (tertiary/aromatic N) is 1. The summed E-state index contributed by atoms with van der Waals surface area (Å²) in [5.41, 5.74) is 5.60. The number of nitrogens with two attached hydrogens (primary N) is 1. The molecule has 0 aromatic rings. The van der Waals surface area contributed by atoms with Crippen molar-refractivity contribution in [3.05, 3.63) is 0 Å². The number of amides is 1. The van der Waals surface area contributed by atoms with E-state index in [0.717, 1.165) is 13.0 Å². The normalized spacial score (nSPS) is 11.6. The van der Waals surface area contributed by atoms with Gasteiger partial charge in [-0.25, -0.2) is 0 Å². The third-order valence-corrected chi connectivity index (χ3v) is 1.79. The molecule has 0 atom stereocenters.